The molecule has 59 valence electrons. The maximum absolute atomic E-state index is 10.5. The van der Waals surface area contributed by atoms with Crippen LogP contribution in [0.4, 0.5) is 0 Å². The number of esters is 1. The average Bonchev–Trinajstić information content (AvgIpc) is 2.35. The summed E-state index contributed by atoms with van der Waals surface area (Å²) < 4.78 is 9.57. The molecule has 0 aliphatic carbocycles. The maximum Gasteiger partial charge on any atom is 0.303 e. The van der Waals surface area contributed by atoms with Gasteiger partial charge in [-0.05, 0) is 13.0 Å². The van der Waals surface area contributed by atoms with Crippen molar-refractivity contribution in [3.63, 3.8) is 0 Å². The van der Waals surface area contributed by atoms with E-state index >= 15 is 0 Å². The van der Waals surface area contributed by atoms with E-state index in [1.807, 2.05) is 0 Å². The van der Waals surface area contributed by atoms with Crippen LogP contribution in [0.1, 0.15) is 18.6 Å². The SMILES string of the molecule is [CH2]C(OC(C)=O)c1ccoc1. The molecule has 0 saturated carbocycles. The Hall–Kier alpha value is -1.25. The molecule has 0 aromatic carbocycles. The quantitative estimate of drug-likeness (QED) is 0.607. The lowest BCUT2D eigenvalue weighted by molar-refractivity contribution is -0.144. The second kappa shape index (κ2) is 3.23. The number of hydrogen-bond acceptors (Lipinski definition) is 3. The molecular weight excluding hydrogens is 144 g/mol. The zero-order valence-electron chi connectivity index (χ0n) is 6.24. The average molecular weight is 153 g/mol. The molecule has 1 atom stereocenters. The lowest BCUT2D eigenvalue weighted by atomic mass is 10.2. The summed E-state index contributed by atoms with van der Waals surface area (Å²) in [4.78, 5) is 10.5. The summed E-state index contributed by atoms with van der Waals surface area (Å²) in [7, 11) is 0. The molecule has 0 N–H and O–H groups in total. The Kier molecular flexibility index (Phi) is 2.31. The van der Waals surface area contributed by atoms with Crippen LogP contribution in [0.15, 0.2) is 23.0 Å². The van der Waals surface area contributed by atoms with Crippen LogP contribution >= 0.6 is 0 Å². The van der Waals surface area contributed by atoms with Gasteiger partial charge in [0, 0.05) is 12.5 Å². The van der Waals surface area contributed by atoms with Crippen molar-refractivity contribution in [2.75, 3.05) is 0 Å². The van der Waals surface area contributed by atoms with Crippen molar-refractivity contribution in [1.29, 1.82) is 0 Å². The second-order valence-electron chi connectivity index (χ2n) is 2.15. The second-order valence-corrected chi connectivity index (χ2v) is 2.15. The van der Waals surface area contributed by atoms with Gasteiger partial charge in [0.05, 0.1) is 12.5 Å². The Morgan fingerprint density at radius 3 is 3.00 bits per heavy atom. The molecule has 0 bridgehead atoms. The van der Waals surface area contributed by atoms with Gasteiger partial charge in [0.25, 0.3) is 0 Å². The zero-order chi connectivity index (χ0) is 8.27. The molecule has 0 aliphatic heterocycles. The van der Waals surface area contributed by atoms with E-state index in [1.54, 1.807) is 6.07 Å². The van der Waals surface area contributed by atoms with E-state index in [2.05, 4.69) is 6.92 Å². The lowest BCUT2D eigenvalue weighted by Crippen LogP contribution is -2.03. The van der Waals surface area contributed by atoms with E-state index in [9.17, 15) is 4.79 Å². The highest BCUT2D eigenvalue weighted by Crippen LogP contribution is 2.15. The third-order valence-electron chi connectivity index (χ3n) is 1.22. The molecule has 0 saturated heterocycles. The van der Waals surface area contributed by atoms with Crippen LogP contribution in [0.25, 0.3) is 0 Å². The fourth-order valence-electron chi connectivity index (χ4n) is 0.727. The van der Waals surface area contributed by atoms with Gasteiger partial charge in [0.15, 0.2) is 0 Å². The van der Waals surface area contributed by atoms with E-state index in [0.29, 0.717) is 0 Å². The summed E-state index contributed by atoms with van der Waals surface area (Å²) in [6, 6.07) is 1.71. The number of ether oxygens (including phenoxy) is 1. The minimum Gasteiger partial charge on any atom is -0.472 e. The van der Waals surface area contributed by atoms with Crippen molar-refractivity contribution < 1.29 is 13.9 Å². The first-order chi connectivity index (χ1) is 5.20. The van der Waals surface area contributed by atoms with Crippen molar-refractivity contribution in [3.05, 3.63) is 31.1 Å². The Balaban J connectivity index is 2.56. The largest absolute Gasteiger partial charge is 0.472 e. The van der Waals surface area contributed by atoms with E-state index in [0.717, 1.165) is 5.56 Å². The number of carbonyl (C=O) groups is 1. The number of rotatable bonds is 2. The summed E-state index contributed by atoms with van der Waals surface area (Å²) in [5.74, 6) is -0.341. The number of hydrogen-bond donors (Lipinski definition) is 0. The molecule has 1 unspecified atom stereocenters. The first-order valence-corrected chi connectivity index (χ1v) is 3.22. The fraction of sp³-hybridized carbons (Fsp3) is 0.250. The van der Waals surface area contributed by atoms with E-state index in [1.165, 1.54) is 19.5 Å². The van der Waals surface area contributed by atoms with Crippen LogP contribution in [-0.2, 0) is 9.53 Å². The summed E-state index contributed by atoms with van der Waals surface area (Å²) in [5.41, 5.74) is 0.764. The highest BCUT2D eigenvalue weighted by atomic mass is 16.5. The molecular formula is C8H9O3. The Morgan fingerprint density at radius 1 is 1.82 bits per heavy atom. The first-order valence-electron chi connectivity index (χ1n) is 3.22. The van der Waals surface area contributed by atoms with Crippen LogP contribution in [0, 0.1) is 6.92 Å². The summed E-state index contributed by atoms with van der Waals surface area (Å²) in [6.45, 7) is 4.96. The van der Waals surface area contributed by atoms with Gasteiger partial charge >= 0.3 is 5.97 Å². The van der Waals surface area contributed by atoms with Crippen molar-refractivity contribution >= 4 is 5.97 Å². The van der Waals surface area contributed by atoms with Crippen molar-refractivity contribution in [2.45, 2.75) is 13.0 Å². The normalized spacial score (nSPS) is 12.5. The minimum atomic E-state index is -0.466. The Labute approximate surface area is 65.0 Å². The predicted molar refractivity (Wildman–Crippen MR) is 38.6 cm³/mol. The third kappa shape index (κ3) is 2.11. The molecule has 1 rings (SSSR count). The summed E-state index contributed by atoms with van der Waals surface area (Å²) in [6.07, 6.45) is 2.55. The predicted octanol–water partition coefficient (Wildman–Crippen LogP) is 1.72. The lowest BCUT2D eigenvalue weighted by Gasteiger charge is -2.07. The van der Waals surface area contributed by atoms with Crippen LogP contribution < -0.4 is 0 Å². The molecule has 3 nitrogen and oxygen atoms in total. The molecule has 1 aromatic rings. The third-order valence-corrected chi connectivity index (χ3v) is 1.22. The zero-order valence-corrected chi connectivity index (χ0v) is 6.24. The molecule has 0 aliphatic rings. The van der Waals surface area contributed by atoms with Crippen molar-refractivity contribution in [3.8, 4) is 0 Å². The maximum atomic E-state index is 10.5. The van der Waals surface area contributed by atoms with Gasteiger partial charge in [-0.15, -0.1) is 0 Å². The molecule has 1 radical (unpaired) electrons. The van der Waals surface area contributed by atoms with Gasteiger partial charge in [-0.25, -0.2) is 0 Å². The summed E-state index contributed by atoms with van der Waals surface area (Å²) >= 11 is 0. The van der Waals surface area contributed by atoms with Gasteiger partial charge in [-0.3, -0.25) is 4.79 Å². The van der Waals surface area contributed by atoms with Gasteiger partial charge in [-0.1, -0.05) is 0 Å². The summed E-state index contributed by atoms with van der Waals surface area (Å²) in [5, 5.41) is 0. The van der Waals surface area contributed by atoms with Crippen LogP contribution in [-0.4, -0.2) is 5.97 Å². The number of furan rings is 1. The molecule has 1 aromatic heterocycles. The van der Waals surface area contributed by atoms with E-state index in [4.69, 9.17) is 9.15 Å². The molecule has 0 fully saturated rings. The van der Waals surface area contributed by atoms with Crippen molar-refractivity contribution in [2.24, 2.45) is 0 Å². The van der Waals surface area contributed by atoms with Crippen molar-refractivity contribution in [1.82, 2.24) is 0 Å². The van der Waals surface area contributed by atoms with Crippen LogP contribution in [0.3, 0.4) is 0 Å². The van der Waals surface area contributed by atoms with E-state index < -0.39 is 6.10 Å². The van der Waals surface area contributed by atoms with Crippen LogP contribution in [0.2, 0.25) is 0 Å². The van der Waals surface area contributed by atoms with Gasteiger partial charge in [-0.2, -0.15) is 0 Å². The van der Waals surface area contributed by atoms with Crippen LogP contribution in [0.5, 0.6) is 0 Å². The monoisotopic (exact) mass is 153 g/mol. The van der Waals surface area contributed by atoms with Gasteiger partial charge in [0.1, 0.15) is 6.10 Å². The van der Waals surface area contributed by atoms with Gasteiger partial charge in [0.2, 0.25) is 0 Å². The standard InChI is InChI=1S/C8H9O3/c1-6(11-7(2)9)8-3-4-10-5-8/h3-6H,1H2,2H3. The minimum absolute atomic E-state index is 0.341. The topological polar surface area (TPSA) is 39.4 Å². The highest BCUT2D eigenvalue weighted by Gasteiger charge is 2.08. The smallest absolute Gasteiger partial charge is 0.303 e. The number of carbonyl (C=O) groups excluding carboxylic acids is 1. The van der Waals surface area contributed by atoms with E-state index in [-0.39, 0.29) is 5.97 Å². The first kappa shape index (κ1) is 7.85. The molecule has 11 heavy (non-hydrogen) atoms. The molecule has 0 spiro atoms. The molecule has 0 amide bonds. The fourth-order valence-corrected chi connectivity index (χ4v) is 0.727. The molecule has 1 heterocycles. The highest BCUT2D eigenvalue weighted by molar-refractivity contribution is 5.66. The molecule has 3 heteroatoms. The van der Waals surface area contributed by atoms with Gasteiger partial charge < -0.3 is 9.15 Å². The Bertz CT molecular complexity index is 225. The Morgan fingerprint density at radius 2 is 2.55 bits per heavy atom.